The van der Waals surface area contributed by atoms with Gasteiger partial charge in [-0.1, -0.05) is 42.3 Å². The molecule has 1 amide bonds. The van der Waals surface area contributed by atoms with Crippen LogP contribution in [0.3, 0.4) is 0 Å². The molecule has 3 aromatic carbocycles. The van der Waals surface area contributed by atoms with Gasteiger partial charge in [0.05, 0.1) is 43.0 Å². The lowest BCUT2D eigenvalue weighted by molar-refractivity contribution is -0.384. The lowest BCUT2D eigenvalue weighted by atomic mass is 9.55. The molecule has 3 N–H and O–H groups in total. The number of benzene rings is 3. The molecule has 0 unspecified atom stereocenters. The molecule has 0 spiro atoms. The molecular weight excluding hydrogens is 811 g/mol. The minimum atomic E-state index is -1.54. The van der Waals surface area contributed by atoms with E-state index in [1.54, 1.807) is 59.5 Å². The highest BCUT2D eigenvalue weighted by Gasteiger charge is 2.65. The molecule has 0 aromatic heterocycles. The maximum atomic E-state index is 14.7. The van der Waals surface area contributed by atoms with Crippen LogP contribution in [0.4, 0.5) is 5.69 Å². The number of ether oxygens (including phenoxy) is 4. The molecule has 15 heteroatoms. The van der Waals surface area contributed by atoms with Crippen molar-refractivity contribution in [2.75, 3.05) is 53.3 Å². The van der Waals surface area contributed by atoms with Crippen molar-refractivity contribution in [1.29, 1.82) is 0 Å². The Hall–Kier alpha value is -5.71. The highest BCUT2D eigenvalue weighted by molar-refractivity contribution is 6.03. The van der Waals surface area contributed by atoms with Gasteiger partial charge in [0, 0.05) is 61.4 Å². The van der Waals surface area contributed by atoms with E-state index < -0.39 is 28.6 Å². The van der Waals surface area contributed by atoms with Gasteiger partial charge >= 0.3 is 0 Å². The molecule has 6 atom stereocenters. The number of hydrogen-bond acceptors (Lipinski definition) is 13. The number of amides is 1. The van der Waals surface area contributed by atoms with Crippen LogP contribution in [0.5, 0.6) is 17.2 Å². The predicted octanol–water partition coefficient (Wildman–Crippen LogP) is 7.01. The second-order valence-corrected chi connectivity index (χ2v) is 15.8. The summed E-state index contributed by atoms with van der Waals surface area (Å²) in [6, 6.07) is 17.5. The zero-order chi connectivity index (χ0) is 44.8. The Morgan fingerprint density at radius 2 is 1.75 bits per heavy atom. The van der Waals surface area contributed by atoms with E-state index in [4.69, 9.17) is 23.8 Å². The standard InChI is InChI=1S/C48H57N3O12/c1-3-25-61-48-44(50(21-26-60-27-24-54)45(56)20-15-33-13-16-36(17-14-33)51(57)58)31-42(49-59-2)40-29-35(10-4-6-22-52)39(12-5-7-23-53)46(47(40)48)41-30-38(18-19-43(41)63-48)62-37-11-8-9-34(28-37)32-55/h3,8-9,11,13-20,28-30,32,35,39,44,46-47,52-54H,1,4-7,10,12,21-27,31H2,2H3/t35-,39+,44-,46+,47+,48+/m0/s1. The Morgan fingerprint density at radius 1 is 0.984 bits per heavy atom. The summed E-state index contributed by atoms with van der Waals surface area (Å²) in [6.07, 6.45) is 12.0. The molecule has 6 rings (SSSR count). The van der Waals surface area contributed by atoms with E-state index >= 15 is 0 Å². The van der Waals surface area contributed by atoms with Gasteiger partial charge in [-0.25, -0.2) is 0 Å². The van der Waals surface area contributed by atoms with Gasteiger partial charge < -0.3 is 44.0 Å². The van der Waals surface area contributed by atoms with Crippen LogP contribution in [-0.4, -0.2) is 108 Å². The van der Waals surface area contributed by atoms with Crippen LogP contribution in [0.25, 0.3) is 6.08 Å². The van der Waals surface area contributed by atoms with Crippen molar-refractivity contribution in [3.8, 4) is 17.2 Å². The molecule has 2 aliphatic carbocycles. The molecule has 1 heterocycles. The number of aldehydes is 1. The van der Waals surface area contributed by atoms with E-state index in [1.807, 2.05) is 12.1 Å². The van der Waals surface area contributed by atoms with Crippen molar-refractivity contribution in [3.05, 3.63) is 124 Å². The fraction of sp³-hybridized carbons (Fsp3) is 0.438. The summed E-state index contributed by atoms with van der Waals surface area (Å²) in [5, 5.41) is 45.3. The number of fused-ring (bicyclic) bond motifs is 2. The third-order valence-corrected chi connectivity index (χ3v) is 12.0. The quantitative estimate of drug-likeness (QED) is 0.0208. The first-order valence-corrected chi connectivity index (χ1v) is 21.5. The SMILES string of the molecule is C=CCO[C@@]12Oc3ccc(Oc4cccc(C=O)c4)cc3[C@H]3[C@H](CCCCO)[C@@H](CCCCO)C=C(C(=NOC)C[C@@H]1N(CCOCCO)C(=O)C=Cc1ccc([N+](=O)[O-])cc1)[C@H]32. The van der Waals surface area contributed by atoms with Gasteiger partial charge in [-0.3, -0.25) is 19.7 Å². The smallest absolute Gasteiger partial charge is 0.269 e. The molecule has 3 aliphatic rings. The second-order valence-electron chi connectivity index (χ2n) is 15.8. The predicted molar refractivity (Wildman–Crippen MR) is 236 cm³/mol. The third kappa shape index (κ3) is 10.9. The van der Waals surface area contributed by atoms with Crippen LogP contribution in [0, 0.1) is 27.9 Å². The normalized spacial score (nSPS) is 23.0. The van der Waals surface area contributed by atoms with Crippen molar-refractivity contribution in [1.82, 2.24) is 4.90 Å². The van der Waals surface area contributed by atoms with Gasteiger partial charge in [0.2, 0.25) is 11.7 Å². The van der Waals surface area contributed by atoms with Crippen LogP contribution in [-0.2, 0) is 19.1 Å². The number of allylic oxidation sites excluding steroid dienone is 1. The van der Waals surface area contributed by atoms with Gasteiger partial charge in [-0.05, 0) is 97.2 Å². The lowest BCUT2D eigenvalue weighted by Gasteiger charge is -2.60. The minimum absolute atomic E-state index is 0.0104. The third-order valence-electron chi connectivity index (χ3n) is 12.0. The Balaban J connectivity index is 1.55. The fourth-order valence-electron chi connectivity index (χ4n) is 9.33. The Morgan fingerprint density at radius 3 is 2.44 bits per heavy atom. The lowest BCUT2D eigenvalue weighted by Crippen LogP contribution is -2.70. The molecule has 336 valence electrons. The number of aliphatic hydroxyl groups is 3. The zero-order valence-corrected chi connectivity index (χ0v) is 35.6. The van der Waals surface area contributed by atoms with Gasteiger partial charge in [0.15, 0.2) is 0 Å². The van der Waals surface area contributed by atoms with Crippen molar-refractivity contribution in [2.24, 2.45) is 22.9 Å². The maximum absolute atomic E-state index is 14.7. The molecular formula is C48H57N3O12. The second kappa shape index (κ2) is 22.6. The number of carbonyl (C=O) groups excluding carboxylic acids is 2. The summed E-state index contributed by atoms with van der Waals surface area (Å²) < 4.78 is 26.4. The average Bonchev–Trinajstić information content (AvgIpc) is 3.29. The molecule has 0 saturated heterocycles. The first-order valence-electron chi connectivity index (χ1n) is 21.5. The maximum Gasteiger partial charge on any atom is 0.269 e. The van der Waals surface area contributed by atoms with E-state index in [0.29, 0.717) is 46.9 Å². The van der Waals surface area contributed by atoms with E-state index in [9.17, 15) is 35.0 Å². The number of nitrogens with zero attached hydrogens (tertiary/aromatic N) is 3. The molecule has 0 radical (unpaired) electrons. The fourth-order valence-corrected chi connectivity index (χ4v) is 9.33. The van der Waals surface area contributed by atoms with Crippen molar-refractivity contribution in [2.45, 2.75) is 62.7 Å². The topological polar surface area (TPSA) is 200 Å². The summed E-state index contributed by atoms with van der Waals surface area (Å²) in [6.45, 7) is 4.12. The van der Waals surface area contributed by atoms with E-state index in [-0.39, 0.29) is 76.0 Å². The number of carbonyl (C=O) groups is 2. The number of hydrogen-bond donors (Lipinski definition) is 3. The van der Waals surface area contributed by atoms with Gasteiger partial charge in [0.25, 0.3) is 5.69 Å². The number of aliphatic hydroxyl groups excluding tert-OH is 3. The number of oxime groups is 1. The van der Waals surface area contributed by atoms with E-state index in [1.165, 1.54) is 25.3 Å². The zero-order valence-electron chi connectivity index (χ0n) is 35.6. The highest BCUT2D eigenvalue weighted by atomic mass is 16.7. The largest absolute Gasteiger partial charge is 0.459 e. The van der Waals surface area contributed by atoms with E-state index in [0.717, 1.165) is 43.1 Å². The van der Waals surface area contributed by atoms with Crippen molar-refractivity contribution >= 4 is 29.7 Å². The average molecular weight is 868 g/mol. The van der Waals surface area contributed by atoms with Crippen LogP contribution in [0.1, 0.15) is 72.3 Å². The molecule has 1 aliphatic heterocycles. The summed E-state index contributed by atoms with van der Waals surface area (Å²) in [5.74, 6) is -1.34. The summed E-state index contributed by atoms with van der Waals surface area (Å²) in [7, 11) is 1.48. The summed E-state index contributed by atoms with van der Waals surface area (Å²) >= 11 is 0. The molecule has 1 fully saturated rings. The summed E-state index contributed by atoms with van der Waals surface area (Å²) in [5.41, 5.74) is 3.28. The molecule has 1 saturated carbocycles. The molecule has 0 bridgehead atoms. The van der Waals surface area contributed by atoms with Crippen LogP contribution < -0.4 is 9.47 Å². The number of nitro benzene ring substituents is 1. The van der Waals surface area contributed by atoms with Gasteiger partial charge in [-0.15, -0.1) is 6.58 Å². The monoisotopic (exact) mass is 867 g/mol. The molecule has 3 aromatic rings. The Kier molecular flexibility index (Phi) is 16.8. The Bertz CT molecular complexity index is 2140. The van der Waals surface area contributed by atoms with Crippen LogP contribution in [0.15, 0.2) is 102 Å². The number of nitro groups is 1. The van der Waals surface area contributed by atoms with E-state index in [2.05, 4.69) is 17.8 Å². The highest BCUT2D eigenvalue weighted by Crippen LogP contribution is 2.62. The number of unbranched alkanes of at least 4 members (excludes halogenated alkanes) is 2. The first kappa shape index (κ1) is 46.8. The van der Waals surface area contributed by atoms with Crippen molar-refractivity contribution in [3.63, 3.8) is 0 Å². The molecule has 63 heavy (non-hydrogen) atoms. The minimum Gasteiger partial charge on any atom is -0.459 e. The Labute approximate surface area is 367 Å². The first-order chi connectivity index (χ1) is 30.7. The van der Waals surface area contributed by atoms with Crippen molar-refractivity contribution < 1.29 is 53.6 Å². The van der Waals surface area contributed by atoms with Gasteiger partial charge in [0.1, 0.15) is 36.7 Å². The van der Waals surface area contributed by atoms with Crippen LogP contribution in [0.2, 0.25) is 0 Å². The molecule has 15 nitrogen and oxygen atoms in total. The summed E-state index contributed by atoms with van der Waals surface area (Å²) in [4.78, 5) is 44.4. The van der Waals surface area contributed by atoms with Crippen LogP contribution >= 0.6 is 0 Å². The van der Waals surface area contributed by atoms with Gasteiger partial charge in [-0.2, -0.15) is 0 Å². The number of non-ortho nitro benzene ring substituents is 1. The number of rotatable bonds is 24.